The van der Waals surface area contributed by atoms with Gasteiger partial charge in [0, 0.05) is 18.6 Å². The van der Waals surface area contributed by atoms with Crippen molar-refractivity contribution in [2.75, 3.05) is 5.73 Å². The molecule has 0 aliphatic rings. The summed E-state index contributed by atoms with van der Waals surface area (Å²) in [6.45, 7) is 0. The predicted molar refractivity (Wildman–Crippen MR) is 61.1 cm³/mol. The lowest BCUT2D eigenvalue weighted by Gasteiger charge is -2.03. The summed E-state index contributed by atoms with van der Waals surface area (Å²) < 4.78 is 1.67. The molecular weight excluding hydrogens is 218 g/mol. The van der Waals surface area contributed by atoms with Gasteiger partial charge in [0.1, 0.15) is 6.33 Å². The fraction of sp³-hybridized carbons (Fsp3) is 0. The maximum Gasteiger partial charge on any atom is 0.240 e. The molecule has 3 aromatic heterocycles. The fourth-order valence-electron chi connectivity index (χ4n) is 1.46. The Morgan fingerprint density at radius 3 is 2.88 bits per heavy atom. The van der Waals surface area contributed by atoms with Gasteiger partial charge in [-0.05, 0) is 12.1 Å². The van der Waals surface area contributed by atoms with Crippen molar-refractivity contribution in [3.63, 3.8) is 0 Å². The van der Waals surface area contributed by atoms with E-state index in [9.17, 15) is 0 Å². The zero-order chi connectivity index (χ0) is 11.7. The molecule has 84 valence electrons. The van der Waals surface area contributed by atoms with Crippen LogP contribution >= 0.6 is 0 Å². The zero-order valence-corrected chi connectivity index (χ0v) is 8.78. The highest BCUT2D eigenvalue weighted by Gasteiger charge is 2.08. The molecule has 0 bridgehead atoms. The number of H-pyrrole nitrogens is 1. The average molecular weight is 227 g/mol. The topological polar surface area (TPSA) is 98.3 Å². The molecule has 3 N–H and O–H groups in total. The minimum Gasteiger partial charge on any atom is -0.368 e. The maximum atomic E-state index is 5.66. The van der Waals surface area contributed by atoms with E-state index in [1.54, 1.807) is 29.5 Å². The van der Waals surface area contributed by atoms with E-state index in [4.69, 9.17) is 5.73 Å². The number of hydrogen-bond acceptors (Lipinski definition) is 5. The Balaban J connectivity index is 2.13. The van der Waals surface area contributed by atoms with Crippen LogP contribution < -0.4 is 5.73 Å². The van der Waals surface area contributed by atoms with Gasteiger partial charge in [-0.15, -0.1) is 0 Å². The average Bonchev–Trinajstić information content (AvgIpc) is 3.02. The Morgan fingerprint density at radius 2 is 2.18 bits per heavy atom. The van der Waals surface area contributed by atoms with Gasteiger partial charge in [-0.25, -0.2) is 4.98 Å². The first kappa shape index (κ1) is 9.52. The molecule has 0 fully saturated rings. The first-order chi connectivity index (χ1) is 8.33. The molecule has 0 aliphatic carbocycles. The molecule has 3 heterocycles. The van der Waals surface area contributed by atoms with Gasteiger partial charge in [-0.3, -0.25) is 4.57 Å². The highest BCUT2D eigenvalue weighted by molar-refractivity contribution is 5.51. The lowest BCUT2D eigenvalue weighted by Crippen LogP contribution is -2.06. The maximum absolute atomic E-state index is 5.66. The number of imidazole rings is 1. The van der Waals surface area contributed by atoms with Crippen molar-refractivity contribution in [2.45, 2.75) is 0 Å². The van der Waals surface area contributed by atoms with Gasteiger partial charge in [-0.2, -0.15) is 15.0 Å². The standard InChI is InChI=1S/C10H9N7/c11-9-14-8(7-2-1-3-13-7)15-10(16-9)17-5-4-12-6-17/h1-6,13H,(H2,11,14,15,16). The number of nitrogens with two attached hydrogens (primary N) is 1. The van der Waals surface area contributed by atoms with Crippen molar-refractivity contribution in [3.8, 4) is 17.5 Å². The van der Waals surface area contributed by atoms with E-state index in [1.165, 1.54) is 0 Å². The summed E-state index contributed by atoms with van der Waals surface area (Å²) in [5.74, 6) is 1.12. The molecule has 0 saturated heterocycles. The largest absolute Gasteiger partial charge is 0.368 e. The fourth-order valence-corrected chi connectivity index (χ4v) is 1.46. The molecule has 7 nitrogen and oxygen atoms in total. The molecular formula is C10H9N7. The van der Waals surface area contributed by atoms with Gasteiger partial charge in [0.15, 0.2) is 5.82 Å². The molecule has 0 atom stereocenters. The number of nitrogens with one attached hydrogen (secondary N) is 1. The molecule has 0 radical (unpaired) electrons. The molecule has 0 amide bonds. The first-order valence-electron chi connectivity index (χ1n) is 4.96. The van der Waals surface area contributed by atoms with Crippen LogP contribution in [0.1, 0.15) is 0 Å². The molecule has 0 unspecified atom stereocenters. The number of hydrogen-bond donors (Lipinski definition) is 2. The number of aromatic nitrogens is 6. The van der Waals surface area contributed by atoms with E-state index in [2.05, 4.69) is 24.9 Å². The van der Waals surface area contributed by atoms with Crippen molar-refractivity contribution in [1.82, 2.24) is 29.5 Å². The third-order valence-electron chi connectivity index (χ3n) is 2.22. The Hall–Kier alpha value is -2.70. The summed E-state index contributed by atoms with van der Waals surface area (Å²) in [7, 11) is 0. The van der Waals surface area contributed by atoms with E-state index in [-0.39, 0.29) is 5.95 Å². The smallest absolute Gasteiger partial charge is 0.240 e. The number of anilines is 1. The van der Waals surface area contributed by atoms with Crippen LogP contribution in [0, 0.1) is 0 Å². The van der Waals surface area contributed by atoms with Crippen molar-refractivity contribution in [3.05, 3.63) is 37.1 Å². The van der Waals surface area contributed by atoms with Gasteiger partial charge in [0.25, 0.3) is 0 Å². The van der Waals surface area contributed by atoms with Gasteiger partial charge in [0.05, 0.1) is 5.69 Å². The summed E-state index contributed by atoms with van der Waals surface area (Å²) in [4.78, 5) is 19.4. The summed E-state index contributed by atoms with van der Waals surface area (Å²) in [6, 6.07) is 3.73. The second-order valence-electron chi connectivity index (χ2n) is 3.37. The van der Waals surface area contributed by atoms with Crippen LogP contribution in [-0.4, -0.2) is 29.5 Å². The van der Waals surface area contributed by atoms with E-state index >= 15 is 0 Å². The summed E-state index contributed by atoms with van der Waals surface area (Å²) in [6.07, 6.45) is 6.79. The normalized spacial score (nSPS) is 10.6. The molecule has 0 aliphatic heterocycles. The highest BCUT2D eigenvalue weighted by Crippen LogP contribution is 2.13. The van der Waals surface area contributed by atoms with E-state index in [0.717, 1.165) is 5.69 Å². The van der Waals surface area contributed by atoms with Crippen LogP contribution in [0.4, 0.5) is 5.95 Å². The van der Waals surface area contributed by atoms with E-state index in [1.807, 2.05) is 12.1 Å². The van der Waals surface area contributed by atoms with Gasteiger partial charge < -0.3 is 10.7 Å². The highest BCUT2D eigenvalue weighted by atomic mass is 15.2. The van der Waals surface area contributed by atoms with Crippen molar-refractivity contribution >= 4 is 5.95 Å². The second-order valence-corrected chi connectivity index (χ2v) is 3.37. The van der Waals surface area contributed by atoms with Crippen molar-refractivity contribution in [2.24, 2.45) is 0 Å². The summed E-state index contributed by atoms with van der Waals surface area (Å²) in [5.41, 5.74) is 6.45. The third-order valence-corrected chi connectivity index (χ3v) is 2.22. The Bertz CT molecular complexity index is 560. The van der Waals surface area contributed by atoms with Crippen LogP contribution in [0.2, 0.25) is 0 Å². The zero-order valence-electron chi connectivity index (χ0n) is 8.78. The molecule has 3 aromatic rings. The van der Waals surface area contributed by atoms with Crippen LogP contribution in [0.25, 0.3) is 17.5 Å². The molecule has 0 aromatic carbocycles. The van der Waals surface area contributed by atoms with Gasteiger partial charge in [0.2, 0.25) is 11.9 Å². The van der Waals surface area contributed by atoms with E-state index in [0.29, 0.717) is 11.8 Å². The quantitative estimate of drug-likeness (QED) is 0.669. The van der Waals surface area contributed by atoms with Crippen LogP contribution in [0.15, 0.2) is 37.1 Å². The SMILES string of the molecule is Nc1nc(-c2ccc[nH]2)nc(-n2ccnc2)n1. The molecule has 0 spiro atoms. The van der Waals surface area contributed by atoms with Crippen molar-refractivity contribution < 1.29 is 0 Å². The summed E-state index contributed by atoms with van der Waals surface area (Å²) >= 11 is 0. The molecule has 17 heavy (non-hydrogen) atoms. The molecule has 3 rings (SSSR count). The Kier molecular flexibility index (Phi) is 2.08. The van der Waals surface area contributed by atoms with Crippen molar-refractivity contribution in [1.29, 1.82) is 0 Å². The predicted octanol–water partition coefficient (Wildman–Crippen LogP) is 0.635. The van der Waals surface area contributed by atoms with Gasteiger partial charge >= 0.3 is 0 Å². The lowest BCUT2D eigenvalue weighted by molar-refractivity contribution is 0.904. The number of aromatic amines is 1. The number of nitrogen functional groups attached to an aromatic ring is 1. The Labute approximate surface area is 96.4 Å². The van der Waals surface area contributed by atoms with Crippen LogP contribution in [0.3, 0.4) is 0 Å². The Morgan fingerprint density at radius 1 is 1.24 bits per heavy atom. The van der Waals surface area contributed by atoms with Crippen LogP contribution in [0.5, 0.6) is 0 Å². The molecule has 7 heteroatoms. The third kappa shape index (κ3) is 1.73. The monoisotopic (exact) mass is 227 g/mol. The summed E-state index contributed by atoms with van der Waals surface area (Å²) in [5, 5.41) is 0. The number of nitrogens with zero attached hydrogens (tertiary/aromatic N) is 5. The van der Waals surface area contributed by atoms with E-state index < -0.39 is 0 Å². The second kappa shape index (κ2) is 3.71. The lowest BCUT2D eigenvalue weighted by atomic mass is 10.4. The number of rotatable bonds is 2. The minimum atomic E-state index is 0.174. The first-order valence-corrected chi connectivity index (χ1v) is 4.96. The van der Waals surface area contributed by atoms with Gasteiger partial charge in [-0.1, -0.05) is 0 Å². The molecule has 0 saturated carbocycles. The minimum absolute atomic E-state index is 0.174. The van der Waals surface area contributed by atoms with Crippen LogP contribution in [-0.2, 0) is 0 Å².